The highest BCUT2D eigenvalue weighted by atomic mass is 127. The molecule has 192 valence electrons. The van der Waals surface area contributed by atoms with Crippen molar-refractivity contribution in [3.63, 3.8) is 0 Å². The molecule has 3 N–H and O–H groups in total. The van der Waals surface area contributed by atoms with E-state index in [0.29, 0.717) is 10.2 Å². The van der Waals surface area contributed by atoms with Gasteiger partial charge in [-0.15, -0.1) is 11.3 Å². The van der Waals surface area contributed by atoms with Gasteiger partial charge in [0.1, 0.15) is 0 Å². The number of nitrogens with one attached hydrogen (secondary N) is 3. The predicted molar refractivity (Wildman–Crippen MR) is 163 cm³/mol. The number of hydrogen-bond donors (Lipinski definition) is 3. The van der Waals surface area contributed by atoms with E-state index in [4.69, 9.17) is 0 Å². The molecule has 0 spiro atoms. The Morgan fingerprint density at radius 3 is 1.50 bits per heavy atom. The average Bonchev–Trinajstić information content (AvgIpc) is 3.73. The number of fused-ring (bicyclic) bond motifs is 8. The molecule has 0 atom stereocenters. The molecule has 5 heterocycles. The van der Waals surface area contributed by atoms with Gasteiger partial charge in [-0.05, 0) is 116 Å². The minimum atomic E-state index is -2.20. The van der Waals surface area contributed by atoms with Crippen LogP contribution in [-0.4, -0.2) is 15.0 Å². The normalized spacial score (nSPS) is 13.6. The van der Waals surface area contributed by atoms with Crippen molar-refractivity contribution in [1.82, 2.24) is 15.0 Å². The highest BCUT2D eigenvalue weighted by molar-refractivity contribution is 14.1. The Morgan fingerprint density at radius 1 is 0.474 bits per heavy atom. The summed E-state index contributed by atoms with van der Waals surface area (Å²) in [5.41, 5.74) is 0.578. The van der Waals surface area contributed by atoms with Gasteiger partial charge in [0.25, 0.3) is 0 Å². The van der Waals surface area contributed by atoms with Crippen molar-refractivity contribution in [2.45, 2.75) is 0 Å². The number of hydrogen-bond acceptors (Lipinski definition) is 1. The average molecular weight is 873 g/mol. The third kappa shape index (κ3) is 4.21. The van der Waals surface area contributed by atoms with E-state index in [2.05, 4.69) is 82.7 Å². The molecule has 5 aromatic rings. The number of benzene rings is 1. The Kier molecular flexibility index (Phi) is 6.87. The molecule has 8 bridgehead atoms. The number of thiophene rings is 1. The molecule has 3 nitrogen and oxygen atoms in total. The summed E-state index contributed by atoms with van der Waals surface area (Å²) in [5, 5.41) is 2.54. The fourth-order valence-corrected chi connectivity index (χ4v) is 7.31. The van der Waals surface area contributed by atoms with Gasteiger partial charge in [0.15, 0.2) is 23.3 Å². The first-order valence-corrected chi connectivity index (χ1v) is 14.9. The van der Waals surface area contributed by atoms with Crippen molar-refractivity contribution < 1.29 is 22.0 Å². The number of aromatic nitrogens is 3. The van der Waals surface area contributed by atoms with E-state index >= 15 is 8.78 Å². The molecule has 0 aliphatic carbocycles. The third-order valence-corrected chi connectivity index (χ3v) is 11.0. The quantitative estimate of drug-likeness (QED) is 0.0832. The van der Waals surface area contributed by atoms with Crippen LogP contribution in [0.5, 0.6) is 0 Å². The summed E-state index contributed by atoms with van der Waals surface area (Å²) in [7, 11) is 0. The van der Waals surface area contributed by atoms with Crippen LogP contribution in [0, 0.1) is 29.1 Å². The number of H-pyrrole nitrogens is 3. The second kappa shape index (κ2) is 9.92. The lowest BCUT2D eigenvalue weighted by molar-refractivity contribution is 0.376. The maximum absolute atomic E-state index is 15.1. The lowest BCUT2D eigenvalue weighted by Crippen LogP contribution is -2.18. The van der Waals surface area contributed by atoms with Crippen molar-refractivity contribution in [1.29, 1.82) is 0 Å². The fourth-order valence-electron chi connectivity index (χ4n) is 4.20. The smallest absolute Gasteiger partial charge is 0.200 e. The summed E-state index contributed by atoms with van der Waals surface area (Å²) in [4.78, 5) is 11.0. The number of aromatic amines is 3. The minimum Gasteiger partial charge on any atom is -0.354 e. The van der Waals surface area contributed by atoms with Crippen LogP contribution in [0.2, 0.25) is 0 Å². The summed E-state index contributed by atoms with van der Waals surface area (Å²) >= 11 is 7.77. The van der Waals surface area contributed by atoms with Gasteiger partial charge in [0.2, 0.25) is 5.82 Å². The lowest BCUT2D eigenvalue weighted by Gasteiger charge is -2.11. The monoisotopic (exact) mass is 873 g/mol. The maximum Gasteiger partial charge on any atom is 0.200 e. The van der Waals surface area contributed by atoms with Gasteiger partial charge in [0.05, 0.1) is 43.7 Å². The molecule has 4 aromatic heterocycles. The molecule has 1 aliphatic heterocycles. The topological polar surface area (TPSA) is 47.4 Å². The molecule has 12 heteroatoms. The van der Waals surface area contributed by atoms with Crippen molar-refractivity contribution >= 4 is 95.4 Å². The molecule has 6 rings (SSSR count). The van der Waals surface area contributed by atoms with Gasteiger partial charge >= 0.3 is 0 Å². The first-order chi connectivity index (χ1) is 18.2. The molecule has 0 saturated carbocycles. The van der Waals surface area contributed by atoms with Crippen LogP contribution in [0.3, 0.4) is 0 Å². The molecular weight excluding hydrogens is 862 g/mol. The summed E-state index contributed by atoms with van der Waals surface area (Å²) in [5.74, 6) is -9.95. The standard InChI is InChI=1S/C26H11F5I3N3S/c27-19-18(20(28)22(30)23(31)21(19)29)17-9-1-2-10(35-9)24(32)11-3-4-12(36-11)25(33)13-5-6-14(37-13)26(34)16-8-7-15(17)38-16/h1-8,35-37H. The van der Waals surface area contributed by atoms with Gasteiger partial charge in [-0.3, -0.25) is 0 Å². The van der Waals surface area contributed by atoms with E-state index in [0.717, 1.165) is 37.7 Å². The zero-order chi connectivity index (χ0) is 26.9. The summed E-state index contributed by atoms with van der Waals surface area (Å²) in [6.07, 6.45) is 0. The largest absolute Gasteiger partial charge is 0.354 e. The van der Waals surface area contributed by atoms with Crippen molar-refractivity contribution in [3.05, 3.63) is 126 Å². The summed E-state index contributed by atoms with van der Waals surface area (Å²) in [6.45, 7) is 0. The second-order valence-corrected chi connectivity index (χ2v) is 12.6. The summed E-state index contributed by atoms with van der Waals surface area (Å²) in [6, 6.07) is 14.4. The second-order valence-electron chi connectivity index (χ2n) is 8.28. The van der Waals surface area contributed by atoms with Crippen LogP contribution in [-0.2, 0) is 0 Å². The fraction of sp³-hybridized carbons (Fsp3) is 0. The van der Waals surface area contributed by atoms with Crippen LogP contribution in [0.4, 0.5) is 22.0 Å². The van der Waals surface area contributed by atoms with Crippen LogP contribution in [0.25, 0.3) is 16.3 Å². The first kappa shape index (κ1) is 26.3. The van der Waals surface area contributed by atoms with Crippen LogP contribution >= 0.6 is 79.1 Å². The Balaban J connectivity index is 1.78. The Hall–Kier alpha value is -1.92. The van der Waals surface area contributed by atoms with E-state index in [9.17, 15) is 13.2 Å². The van der Waals surface area contributed by atoms with Gasteiger partial charge < -0.3 is 15.0 Å². The Morgan fingerprint density at radius 2 is 0.921 bits per heavy atom. The van der Waals surface area contributed by atoms with Gasteiger partial charge in [0, 0.05) is 20.7 Å². The minimum absolute atomic E-state index is 0.122. The molecule has 0 amide bonds. The predicted octanol–water partition coefficient (Wildman–Crippen LogP) is 5.76. The number of rotatable bonds is 1. The summed E-state index contributed by atoms with van der Waals surface area (Å²) < 4.78 is 75.3. The molecule has 0 unspecified atom stereocenters. The maximum atomic E-state index is 15.1. The van der Waals surface area contributed by atoms with E-state index < -0.39 is 34.6 Å². The molecule has 0 radical (unpaired) electrons. The van der Waals surface area contributed by atoms with Crippen LogP contribution in [0.1, 0.15) is 26.7 Å². The molecule has 0 saturated heterocycles. The molecular formula is C26H11F5I3N3S. The van der Waals surface area contributed by atoms with Crippen molar-refractivity contribution in [2.75, 3.05) is 0 Å². The molecule has 38 heavy (non-hydrogen) atoms. The number of halogens is 8. The SMILES string of the molecule is Fc1c(F)c(F)c(C2=c3ccc([nH]3)=C(I)c3ccc([nH]3)C(I)=c3ccc([nH]3)=C(I)c3ccc2s3)c(F)c1F. The highest BCUT2D eigenvalue weighted by Gasteiger charge is 2.29. The molecule has 1 aliphatic rings. The van der Waals surface area contributed by atoms with E-state index in [-0.39, 0.29) is 10.9 Å². The Labute approximate surface area is 255 Å². The van der Waals surface area contributed by atoms with Gasteiger partial charge in [-0.2, -0.15) is 0 Å². The van der Waals surface area contributed by atoms with E-state index in [1.807, 2.05) is 24.3 Å². The lowest BCUT2D eigenvalue weighted by atomic mass is 10.0. The first-order valence-electron chi connectivity index (χ1n) is 10.8. The van der Waals surface area contributed by atoms with Crippen molar-refractivity contribution in [3.8, 4) is 0 Å². The third-order valence-electron chi connectivity index (χ3n) is 6.04. The van der Waals surface area contributed by atoms with Crippen molar-refractivity contribution in [2.24, 2.45) is 0 Å². The van der Waals surface area contributed by atoms with E-state index in [1.54, 1.807) is 24.3 Å². The zero-order valence-corrected chi connectivity index (χ0v) is 25.8. The Bertz CT molecular complexity index is 2000. The van der Waals surface area contributed by atoms with Crippen LogP contribution in [0.15, 0.2) is 48.5 Å². The van der Waals surface area contributed by atoms with Crippen LogP contribution < -0.4 is 21.4 Å². The molecule has 1 aromatic carbocycles. The van der Waals surface area contributed by atoms with Gasteiger partial charge in [-0.1, -0.05) is 0 Å². The zero-order valence-electron chi connectivity index (χ0n) is 18.6. The molecule has 0 fully saturated rings. The van der Waals surface area contributed by atoms with Gasteiger partial charge in [-0.25, -0.2) is 22.0 Å². The van der Waals surface area contributed by atoms with E-state index in [1.165, 1.54) is 11.3 Å². The highest BCUT2D eigenvalue weighted by Crippen LogP contribution is 2.36.